The zero-order valence-electron chi connectivity index (χ0n) is 14.1. The summed E-state index contributed by atoms with van der Waals surface area (Å²) in [6, 6.07) is 9.74. The Bertz CT molecular complexity index is 1170. The van der Waals surface area contributed by atoms with Crippen LogP contribution < -0.4 is 10.0 Å². The van der Waals surface area contributed by atoms with Gasteiger partial charge in [-0.3, -0.25) is 9.52 Å². The molecular formula is C17H14ClN5O3S. The summed E-state index contributed by atoms with van der Waals surface area (Å²) in [6.45, 7) is 0. The highest BCUT2D eigenvalue weighted by molar-refractivity contribution is 7.92. The van der Waals surface area contributed by atoms with Crippen LogP contribution >= 0.6 is 11.6 Å². The van der Waals surface area contributed by atoms with Gasteiger partial charge in [-0.15, -0.1) is 10.2 Å². The van der Waals surface area contributed by atoms with Crippen molar-refractivity contribution in [3.8, 4) is 11.4 Å². The van der Waals surface area contributed by atoms with E-state index in [0.717, 1.165) is 0 Å². The van der Waals surface area contributed by atoms with Gasteiger partial charge in [-0.05, 0) is 29.8 Å². The van der Waals surface area contributed by atoms with Gasteiger partial charge in [0.1, 0.15) is 11.2 Å². The first-order valence-electron chi connectivity index (χ1n) is 7.93. The van der Waals surface area contributed by atoms with Crippen LogP contribution in [0.3, 0.4) is 0 Å². The lowest BCUT2D eigenvalue weighted by Crippen LogP contribution is -2.15. The minimum Gasteiger partial charge on any atom is -0.325 e. The van der Waals surface area contributed by atoms with Crippen molar-refractivity contribution in [2.45, 2.75) is 11.3 Å². The van der Waals surface area contributed by atoms with Crippen molar-refractivity contribution in [1.82, 2.24) is 14.8 Å². The van der Waals surface area contributed by atoms with Crippen LogP contribution in [0.4, 0.5) is 11.4 Å². The fraction of sp³-hybridized carbons (Fsp3) is 0.118. The normalized spacial score (nSPS) is 13.3. The molecule has 4 rings (SSSR count). The Kier molecular flexibility index (Phi) is 4.12. The predicted molar refractivity (Wildman–Crippen MR) is 101 cm³/mol. The van der Waals surface area contributed by atoms with E-state index in [-0.39, 0.29) is 22.2 Å². The summed E-state index contributed by atoms with van der Waals surface area (Å²) in [7, 11) is -2.22. The molecule has 3 aromatic rings. The molecule has 0 radical (unpaired) electrons. The van der Waals surface area contributed by atoms with Gasteiger partial charge in [0, 0.05) is 18.3 Å². The van der Waals surface area contributed by atoms with Crippen LogP contribution in [0.2, 0.25) is 5.02 Å². The topological polar surface area (TPSA) is 106 Å². The Morgan fingerprint density at radius 3 is 2.78 bits per heavy atom. The number of amides is 1. The van der Waals surface area contributed by atoms with Gasteiger partial charge in [-0.25, -0.2) is 8.42 Å². The summed E-state index contributed by atoms with van der Waals surface area (Å²) in [5.41, 5.74) is 2.05. The molecule has 27 heavy (non-hydrogen) atoms. The summed E-state index contributed by atoms with van der Waals surface area (Å²) >= 11 is 6.17. The molecule has 138 valence electrons. The molecule has 0 atom stereocenters. The van der Waals surface area contributed by atoms with Crippen molar-refractivity contribution in [2.75, 3.05) is 10.0 Å². The Hall–Kier alpha value is -2.91. The number of anilines is 2. The number of hydrogen-bond donors (Lipinski definition) is 2. The molecule has 2 heterocycles. The monoisotopic (exact) mass is 403 g/mol. The number of fused-ring (bicyclic) bond motifs is 1. The fourth-order valence-electron chi connectivity index (χ4n) is 2.93. The molecule has 1 amide bonds. The number of nitrogens with one attached hydrogen (secondary N) is 2. The largest absolute Gasteiger partial charge is 0.325 e. The second-order valence-corrected chi connectivity index (χ2v) is 8.14. The average Bonchev–Trinajstić information content (AvgIpc) is 3.18. The molecule has 1 aromatic heterocycles. The molecule has 0 fully saturated rings. The Labute approximate surface area is 160 Å². The molecule has 1 aliphatic heterocycles. The van der Waals surface area contributed by atoms with Crippen LogP contribution in [-0.4, -0.2) is 29.1 Å². The van der Waals surface area contributed by atoms with E-state index in [9.17, 15) is 13.2 Å². The van der Waals surface area contributed by atoms with E-state index in [2.05, 4.69) is 20.2 Å². The molecule has 2 N–H and O–H groups in total. The zero-order chi connectivity index (χ0) is 19.2. The van der Waals surface area contributed by atoms with E-state index < -0.39 is 10.0 Å². The number of nitrogens with zero attached hydrogens (tertiary/aromatic N) is 3. The number of halogens is 1. The van der Waals surface area contributed by atoms with Gasteiger partial charge in [0.05, 0.1) is 17.1 Å². The Morgan fingerprint density at radius 1 is 1.26 bits per heavy atom. The lowest BCUT2D eigenvalue weighted by molar-refractivity contribution is -0.115. The minimum absolute atomic E-state index is 0.0274. The standard InChI is InChI=1S/C17H14ClN5O3S/c1-23-9-19-21-17(23)11-4-2-3-5-13(11)22-27(25,26)15-6-10-7-16(24)20-14(10)8-12(15)18/h2-6,8-9,22H,7H2,1H3,(H,20,24). The number of aryl methyl sites for hydroxylation is 1. The summed E-state index contributed by atoms with van der Waals surface area (Å²) in [5.74, 6) is 0.319. The number of aromatic nitrogens is 3. The van der Waals surface area contributed by atoms with Crippen molar-refractivity contribution in [3.63, 3.8) is 0 Å². The molecule has 0 aliphatic carbocycles. The third kappa shape index (κ3) is 3.15. The lowest BCUT2D eigenvalue weighted by Gasteiger charge is -2.14. The SMILES string of the molecule is Cn1cnnc1-c1ccccc1NS(=O)(=O)c1cc2c(cc1Cl)NC(=O)C2. The first-order valence-corrected chi connectivity index (χ1v) is 9.80. The van der Waals surface area contributed by atoms with Crippen molar-refractivity contribution in [2.24, 2.45) is 7.05 Å². The van der Waals surface area contributed by atoms with Crippen molar-refractivity contribution >= 4 is 38.9 Å². The van der Waals surface area contributed by atoms with Crippen LogP contribution in [0.25, 0.3) is 11.4 Å². The number of sulfonamides is 1. The predicted octanol–water partition coefficient (Wildman–Crippen LogP) is 2.43. The first-order chi connectivity index (χ1) is 12.8. The van der Waals surface area contributed by atoms with Crippen LogP contribution in [0.15, 0.2) is 47.6 Å². The molecule has 0 bridgehead atoms. The van der Waals surface area contributed by atoms with Crippen molar-refractivity contribution in [3.05, 3.63) is 53.3 Å². The smallest absolute Gasteiger partial charge is 0.263 e. The van der Waals surface area contributed by atoms with E-state index in [0.29, 0.717) is 28.3 Å². The number of benzene rings is 2. The molecule has 8 nitrogen and oxygen atoms in total. The van der Waals surface area contributed by atoms with E-state index in [4.69, 9.17) is 11.6 Å². The van der Waals surface area contributed by atoms with Crippen LogP contribution in [0.5, 0.6) is 0 Å². The molecule has 1 aliphatic rings. The Morgan fingerprint density at radius 2 is 2.04 bits per heavy atom. The number of para-hydroxylation sites is 1. The fourth-order valence-corrected chi connectivity index (χ4v) is 4.58. The maximum atomic E-state index is 13.0. The van der Waals surface area contributed by atoms with Crippen LogP contribution in [0.1, 0.15) is 5.56 Å². The van der Waals surface area contributed by atoms with Gasteiger partial charge < -0.3 is 9.88 Å². The third-order valence-electron chi connectivity index (χ3n) is 4.20. The molecule has 0 spiro atoms. The van der Waals surface area contributed by atoms with E-state index >= 15 is 0 Å². The van der Waals surface area contributed by atoms with Crippen molar-refractivity contribution < 1.29 is 13.2 Å². The van der Waals surface area contributed by atoms with Gasteiger partial charge >= 0.3 is 0 Å². The maximum absolute atomic E-state index is 13.0. The number of carbonyl (C=O) groups excluding carboxylic acids is 1. The van der Waals surface area contributed by atoms with E-state index in [1.165, 1.54) is 18.5 Å². The second kappa shape index (κ2) is 6.36. The zero-order valence-corrected chi connectivity index (χ0v) is 15.7. The highest BCUT2D eigenvalue weighted by Gasteiger charge is 2.26. The first kappa shape index (κ1) is 17.5. The highest BCUT2D eigenvalue weighted by atomic mass is 35.5. The summed E-state index contributed by atoms with van der Waals surface area (Å²) in [4.78, 5) is 11.4. The lowest BCUT2D eigenvalue weighted by atomic mass is 10.2. The second-order valence-electron chi connectivity index (χ2n) is 6.08. The van der Waals surface area contributed by atoms with E-state index in [1.54, 1.807) is 35.9 Å². The molecular weight excluding hydrogens is 390 g/mol. The Balaban J connectivity index is 1.75. The molecule has 2 aromatic carbocycles. The van der Waals surface area contributed by atoms with Gasteiger partial charge in [-0.2, -0.15) is 0 Å². The summed E-state index contributed by atoms with van der Waals surface area (Å²) in [5, 5.41) is 10.5. The van der Waals surface area contributed by atoms with E-state index in [1.807, 2.05) is 0 Å². The molecule has 0 unspecified atom stereocenters. The number of carbonyl (C=O) groups is 1. The quantitative estimate of drug-likeness (QED) is 0.695. The minimum atomic E-state index is -3.99. The average molecular weight is 404 g/mol. The summed E-state index contributed by atoms with van der Waals surface area (Å²) < 4.78 is 30.2. The summed E-state index contributed by atoms with van der Waals surface area (Å²) in [6.07, 6.45) is 1.65. The van der Waals surface area contributed by atoms with Gasteiger partial charge in [-0.1, -0.05) is 23.7 Å². The van der Waals surface area contributed by atoms with Gasteiger partial charge in [0.15, 0.2) is 5.82 Å². The number of rotatable bonds is 4. The van der Waals surface area contributed by atoms with Crippen molar-refractivity contribution in [1.29, 1.82) is 0 Å². The van der Waals surface area contributed by atoms with Gasteiger partial charge in [0.2, 0.25) is 5.91 Å². The third-order valence-corrected chi connectivity index (χ3v) is 6.03. The van der Waals surface area contributed by atoms with Crippen LogP contribution in [0, 0.1) is 0 Å². The molecule has 0 saturated carbocycles. The maximum Gasteiger partial charge on any atom is 0.263 e. The highest BCUT2D eigenvalue weighted by Crippen LogP contribution is 2.34. The molecule has 0 saturated heterocycles. The number of hydrogen-bond acceptors (Lipinski definition) is 5. The molecule has 10 heteroatoms. The van der Waals surface area contributed by atoms with Gasteiger partial charge in [0.25, 0.3) is 10.0 Å². The van der Waals surface area contributed by atoms with Crippen LogP contribution in [-0.2, 0) is 28.3 Å².